The Labute approximate surface area is 167 Å². The first kappa shape index (κ1) is 18.4. The van der Waals surface area contributed by atoms with E-state index in [9.17, 15) is 9.59 Å². The molecule has 0 aliphatic heterocycles. The number of nitrogens with one attached hydrogen (secondary N) is 2. The molecule has 1 heterocycles. The average molecular weight is 391 g/mol. The summed E-state index contributed by atoms with van der Waals surface area (Å²) in [5.41, 5.74) is 2.47. The lowest BCUT2D eigenvalue weighted by atomic mass is 9.90. The number of hydrogen-bond donors (Lipinski definition) is 2. The van der Waals surface area contributed by atoms with E-state index < -0.39 is 0 Å². The molecule has 0 saturated heterocycles. The number of hydrogen-bond acceptors (Lipinski definition) is 4. The minimum Gasteiger partial charge on any atom is -0.351 e. The SMILES string of the molecule is O=C(Nc1nc2c(s1)CCC[C@@H]2C(=O)NCc1ccccc1)c1ccccc1. The Morgan fingerprint density at radius 1 is 1.04 bits per heavy atom. The van der Waals surface area contributed by atoms with E-state index in [1.54, 1.807) is 12.1 Å². The molecule has 1 aliphatic carbocycles. The maximum Gasteiger partial charge on any atom is 0.257 e. The van der Waals surface area contributed by atoms with Crippen LogP contribution in [-0.2, 0) is 17.8 Å². The molecule has 1 aromatic heterocycles. The second-order valence-electron chi connectivity index (χ2n) is 6.80. The van der Waals surface area contributed by atoms with Gasteiger partial charge in [0.25, 0.3) is 5.91 Å². The summed E-state index contributed by atoms with van der Waals surface area (Å²) >= 11 is 1.47. The quantitative estimate of drug-likeness (QED) is 0.687. The Bertz CT molecular complexity index is 970. The van der Waals surface area contributed by atoms with Crippen LogP contribution in [0.5, 0.6) is 0 Å². The van der Waals surface area contributed by atoms with E-state index in [-0.39, 0.29) is 17.7 Å². The number of benzene rings is 2. The van der Waals surface area contributed by atoms with Gasteiger partial charge in [0.2, 0.25) is 5.91 Å². The van der Waals surface area contributed by atoms with Gasteiger partial charge in [0, 0.05) is 17.0 Å². The molecule has 6 heteroatoms. The van der Waals surface area contributed by atoms with E-state index >= 15 is 0 Å². The standard InChI is InChI=1S/C22H21N3O2S/c26-20(16-10-5-2-6-11-16)25-22-24-19-17(12-7-13-18(19)28-22)21(27)23-14-15-8-3-1-4-9-15/h1-6,8-11,17H,7,12-14H2,(H,23,27)(H,24,25,26)/t17-/m0/s1. The highest BCUT2D eigenvalue weighted by atomic mass is 32.1. The second-order valence-corrected chi connectivity index (χ2v) is 7.88. The first-order valence-corrected chi connectivity index (χ1v) is 10.2. The smallest absolute Gasteiger partial charge is 0.257 e. The van der Waals surface area contributed by atoms with E-state index in [4.69, 9.17) is 0 Å². The summed E-state index contributed by atoms with van der Waals surface area (Å²) in [4.78, 5) is 30.8. The number of nitrogens with zero attached hydrogens (tertiary/aromatic N) is 1. The monoisotopic (exact) mass is 391 g/mol. The fourth-order valence-electron chi connectivity index (χ4n) is 3.39. The van der Waals surface area contributed by atoms with E-state index in [0.29, 0.717) is 17.2 Å². The number of anilines is 1. The van der Waals surface area contributed by atoms with Crippen molar-refractivity contribution in [3.05, 3.63) is 82.4 Å². The lowest BCUT2D eigenvalue weighted by Gasteiger charge is -2.20. The molecule has 5 nitrogen and oxygen atoms in total. The highest BCUT2D eigenvalue weighted by Crippen LogP contribution is 2.37. The molecule has 2 N–H and O–H groups in total. The molecule has 3 aromatic rings. The number of thiazole rings is 1. The molecule has 28 heavy (non-hydrogen) atoms. The van der Waals surface area contributed by atoms with Gasteiger partial charge < -0.3 is 5.32 Å². The van der Waals surface area contributed by atoms with Gasteiger partial charge in [-0.1, -0.05) is 48.5 Å². The highest BCUT2D eigenvalue weighted by Gasteiger charge is 2.30. The summed E-state index contributed by atoms with van der Waals surface area (Å²) in [5, 5.41) is 6.45. The maximum absolute atomic E-state index is 12.8. The molecule has 2 amide bonds. The Balaban J connectivity index is 1.45. The van der Waals surface area contributed by atoms with Crippen molar-refractivity contribution in [1.29, 1.82) is 0 Å². The van der Waals surface area contributed by atoms with E-state index in [1.165, 1.54) is 11.3 Å². The number of aryl methyl sites for hydroxylation is 1. The molecular formula is C22H21N3O2S. The molecule has 1 atom stereocenters. The van der Waals surface area contributed by atoms with Crippen LogP contribution in [-0.4, -0.2) is 16.8 Å². The van der Waals surface area contributed by atoms with Crippen molar-refractivity contribution in [2.24, 2.45) is 0 Å². The molecule has 0 saturated carbocycles. The lowest BCUT2D eigenvalue weighted by molar-refractivity contribution is -0.123. The van der Waals surface area contributed by atoms with Gasteiger partial charge in [-0.05, 0) is 37.0 Å². The Morgan fingerprint density at radius 2 is 1.75 bits per heavy atom. The summed E-state index contributed by atoms with van der Waals surface area (Å²) in [5.74, 6) is -0.445. The molecular weight excluding hydrogens is 370 g/mol. The first-order chi connectivity index (χ1) is 13.7. The fraction of sp³-hybridized carbons (Fsp3) is 0.227. The van der Waals surface area contributed by atoms with Crippen molar-refractivity contribution >= 4 is 28.3 Å². The van der Waals surface area contributed by atoms with E-state index in [1.807, 2.05) is 48.5 Å². The zero-order chi connectivity index (χ0) is 19.3. The van der Waals surface area contributed by atoms with Crippen LogP contribution in [0.2, 0.25) is 0 Å². The third-order valence-electron chi connectivity index (χ3n) is 4.84. The number of aromatic nitrogens is 1. The van der Waals surface area contributed by atoms with Crippen molar-refractivity contribution in [2.75, 3.05) is 5.32 Å². The van der Waals surface area contributed by atoms with E-state index in [0.717, 1.165) is 35.4 Å². The van der Waals surface area contributed by atoms with Crippen LogP contribution in [0.3, 0.4) is 0 Å². The third-order valence-corrected chi connectivity index (χ3v) is 5.88. The minimum atomic E-state index is -0.258. The van der Waals surface area contributed by atoms with Crippen LogP contribution in [0.25, 0.3) is 0 Å². The van der Waals surface area contributed by atoms with Gasteiger partial charge in [-0.15, -0.1) is 11.3 Å². The van der Waals surface area contributed by atoms with Crippen molar-refractivity contribution in [3.63, 3.8) is 0 Å². The van der Waals surface area contributed by atoms with Crippen LogP contribution >= 0.6 is 11.3 Å². The Kier molecular flexibility index (Phi) is 5.48. The van der Waals surface area contributed by atoms with Gasteiger partial charge in [0.1, 0.15) is 0 Å². The predicted molar refractivity (Wildman–Crippen MR) is 110 cm³/mol. The van der Waals surface area contributed by atoms with Crippen LogP contribution < -0.4 is 10.6 Å². The van der Waals surface area contributed by atoms with Gasteiger partial charge >= 0.3 is 0 Å². The summed E-state index contributed by atoms with van der Waals surface area (Å²) in [6.45, 7) is 0.507. The zero-order valence-electron chi connectivity index (χ0n) is 15.4. The van der Waals surface area contributed by atoms with Crippen molar-refractivity contribution in [2.45, 2.75) is 31.7 Å². The number of amides is 2. The number of rotatable bonds is 5. The Hall–Kier alpha value is -2.99. The molecule has 0 spiro atoms. The van der Waals surface area contributed by atoms with Crippen molar-refractivity contribution < 1.29 is 9.59 Å². The van der Waals surface area contributed by atoms with Crippen LogP contribution in [0, 0.1) is 0 Å². The van der Waals surface area contributed by atoms with Gasteiger partial charge in [-0.3, -0.25) is 14.9 Å². The molecule has 4 rings (SSSR count). The van der Waals surface area contributed by atoms with Crippen molar-refractivity contribution in [3.8, 4) is 0 Å². The Morgan fingerprint density at radius 3 is 2.50 bits per heavy atom. The lowest BCUT2D eigenvalue weighted by Crippen LogP contribution is -2.31. The van der Waals surface area contributed by atoms with Crippen LogP contribution in [0.4, 0.5) is 5.13 Å². The van der Waals surface area contributed by atoms with Crippen molar-refractivity contribution in [1.82, 2.24) is 10.3 Å². The highest BCUT2D eigenvalue weighted by molar-refractivity contribution is 7.15. The van der Waals surface area contributed by atoms with E-state index in [2.05, 4.69) is 15.6 Å². The first-order valence-electron chi connectivity index (χ1n) is 9.38. The molecule has 0 fully saturated rings. The van der Waals surface area contributed by atoms with Gasteiger partial charge in [-0.25, -0.2) is 4.98 Å². The molecule has 0 unspecified atom stereocenters. The largest absolute Gasteiger partial charge is 0.351 e. The number of fused-ring (bicyclic) bond motifs is 1. The predicted octanol–water partition coefficient (Wildman–Crippen LogP) is 4.13. The second kappa shape index (κ2) is 8.35. The van der Waals surface area contributed by atoms with Gasteiger partial charge in [0.15, 0.2) is 5.13 Å². The third kappa shape index (κ3) is 4.12. The molecule has 142 valence electrons. The molecule has 0 bridgehead atoms. The summed E-state index contributed by atoms with van der Waals surface area (Å²) < 4.78 is 0. The summed E-state index contributed by atoms with van der Waals surface area (Å²) in [6.07, 6.45) is 2.63. The molecule has 1 aliphatic rings. The zero-order valence-corrected chi connectivity index (χ0v) is 16.2. The normalized spacial score (nSPS) is 15.5. The number of carbonyl (C=O) groups is 2. The summed E-state index contributed by atoms with van der Waals surface area (Å²) in [7, 11) is 0. The summed E-state index contributed by atoms with van der Waals surface area (Å²) in [6, 6.07) is 18.9. The minimum absolute atomic E-state index is 0.00367. The van der Waals surface area contributed by atoms with Gasteiger partial charge in [-0.2, -0.15) is 0 Å². The van der Waals surface area contributed by atoms with Gasteiger partial charge in [0.05, 0.1) is 11.6 Å². The average Bonchev–Trinajstić information content (AvgIpc) is 3.15. The maximum atomic E-state index is 12.8. The molecule has 0 radical (unpaired) electrons. The van der Waals surface area contributed by atoms with Crippen LogP contribution in [0.15, 0.2) is 60.7 Å². The fourth-order valence-corrected chi connectivity index (χ4v) is 4.45. The molecule has 2 aromatic carbocycles. The topological polar surface area (TPSA) is 71.1 Å². The number of carbonyl (C=O) groups excluding carboxylic acids is 2. The van der Waals surface area contributed by atoms with Crippen LogP contribution in [0.1, 0.15) is 45.3 Å².